The number of benzene rings is 2. The van der Waals surface area contributed by atoms with Gasteiger partial charge in [0.15, 0.2) is 11.5 Å². The van der Waals surface area contributed by atoms with Crippen molar-refractivity contribution in [3.8, 4) is 22.5 Å². The summed E-state index contributed by atoms with van der Waals surface area (Å²) in [6.45, 7) is 0. The lowest BCUT2D eigenvalue weighted by molar-refractivity contribution is 0.780. The SMILES string of the molecule is Cn1cc2cc(-c3ccn4c(-c5ccnc6ccccc56)nnc4c3)ccc2n1. The van der Waals surface area contributed by atoms with Crippen LogP contribution in [0, 0.1) is 0 Å². The van der Waals surface area contributed by atoms with Gasteiger partial charge in [-0.15, -0.1) is 10.2 Å². The van der Waals surface area contributed by atoms with Gasteiger partial charge in [0.05, 0.1) is 11.0 Å². The highest BCUT2D eigenvalue weighted by Crippen LogP contribution is 2.29. The van der Waals surface area contributed by atoms with Gasteiger partial charge in [0, 0.05) is 42.0 Å². The van der Waals surface area contributed by atoms with E-state index in [0.717, 1.165) is 50.0 Å². The maximum absolute atomic E-state index is 4.48. The van der Waals surface area contributed by atoms with Crippen molar-refractivity contribution in [2.75, 3.05) is 0 Å². The first-order chi connectivity index (χ1) is 14.3. The predicted octanol–water partition coefficient (Wildman–Crippen LogP) is 4.50. The van der Waals surface area contributed by atoms with E-state index in [-0.39, 0.29) is 0 Å². The van der Waals surface area contributed by atoms with Gasteiger partial charge in [-0.3, -0.25) is 14.1 Å². The molecular weight excluding hydrogens is 360 g/mol. The quantitative estimate of drug-likeness (QED) is 0.446. The molecule has 0 N–H and O–H groups in total. The van der Waals surface area contributed by atoms with Crippen LogP contribution in [0.3, 0.4) is 0 Å². The van der Waals surface area contributed by atoms with E-state index < -0.39 is 0 Å². The van der Waals surface area contributed by atoms with E-state index in [9.17, 15) is 0 Å². The molecule has 0 unspecified atom stereocenters. The van der Waals surface area contributed by atoms with Crippen LogP contribution < -0.4 is 0 Å². The summed E-state index contributed by atoms with van der Waals surface area (Å²) in [7, 11) is 1.94. The van der Waals surface area contributed by atoms with Gasteiger partial charge >= 0.3 is 0 Å². The van der Waals surface area contributed by atoms with Gasteiger partial charge in [-0.2, -0.15) is 5.10 Å². The summed E-state index contributed by atoms with van der Waals surface area (Å²) in [6, 6.07) is 20.5. The average molecular weight is 376 g/mol. The second-order valence-corrected chi connectivity index (χ2v) is 7.12. The predicted molar refractivity (Wildman–Crippen MR) is 113 cm³/mol. The summed E-state index contributed by atoms with van der Waals surface area (Å²) in [5.41, 5.74) is 6.00. The van der Waals surface area contributed by atoms with Crippen LogP contribution in [0.25, 0.3) is 50.0 Å². The zero-order valence-corrected chi connectivity index (χ0v) is 15.7. The molecule has 0 bridgehead atoms. The highest BCUT2D eigenvalue weighted by molar-refractivity contribution is 5.93. The molecular formula is C23H16N6. The van der Waals surface area contributed by atoms with Crippen molar-refractivity contribution in [3.05, 3.63) is 79.3 Å². The first-order valence-corrected chi connectivity index (χ1v) is 9.39. The number of nitrogens with zero attached hydrogens (tertiary/aromatic N) is 6. The first kappa shape index (κ1) is 15.9. The standard InChI is InChI=1S/C23H16N6/c1-28-14-17-12-15(6-7-20(17)27-28)16-9-11-29-22(13-16)25-26-23(29)19-8-10-24-21-5-3-2-4-18(19)21/h2-14H,1H3. The van der Waals surface area contributed by atoms with Crippen molar-refractivity contribution < 1.29 is 0 Å². The molecule has 29 heavy (non-hydrogen) atoms. The Morgan fingerprint density at radius 2 is 1.72 bits per heavy atom. The topological polar surface area (TPSA) is 60.9 Å². The van der Waals surface area contributed by atoms with Crippen molar-refractivity contribution in [2.24, 2.45) is 7.05 Å². The molecule has 0 radical (unpaired) electrons. The maximum Gasteiger partial charge on any atom is 0.169 e. The number of pyridine rings is 2. The summed E-state index contributed by atoms with van der Waals surface area (Å²) in [4.78, 5) is 4.45. The van der Waals surface area contributed by atoms with Crippen LogP contribution in [0.15, 0.2) is 79.3 Å². The third-order valence-electron chi connectivity index (χ3n) is 5.25. The number of para-hydroxylation sites is 1. The number of aromatic nitrogens is 6. The minimum atomic E-state index is 0.810. The summed E-state index contributed by atoms with van der Waals surface area (Å²) in [5.74, 6) is 0.813. The van der Waals surface area contributed by atoms with Gasteiger partial charge in [0.25, 0.3) is 0 Å². The largest absolute Gasteiger partial charge is 0.282 e. The first-order valence-electron chi connectivity index (χ1n) is 9.39. The maximum atomic E-state index is 4.48. The van der Waals surface area contributed by atoms with Crippen LogP contribution >= 0.6 is 0 Å². The molecule has 6 heteroatoms. The van der Waals surface area contributed by atoms with Gasteiger partial charge in [-0.05, 0) is 47.5 Å². The van der Waals surface area contributed by atoms with Crippen LogP contribution in [0.1, 0.15) is 0 Å². The van der Waals surface area contributed by atoms with Crippen molar-refractivity contribution in [1.82, 2.24) is 29.4 Å². The molecule has 0 aliphatic heterocycles. The summed E-state index contributed by atoms with van der Waals surface area (Å²) in [6.07, 6.45) is 5.87. The fourth-order valence-corrected chi connectivity index (χ4v) is 3.87. The van der Waals surface area contributed by atoms with E-state index in [1.165, 1.54) is 0 Å². The van der Waals surface area contributed by atoms with E-state index >= 15 is 0 Å². The summed E-state index contributed by atoms with van der Waals surface area (Å²) < 4.78 is 3.86. The third kappa shape index (κ3) is 2.50. The van der Waals surface area contributed by atoms with Crippen LogP contribution in [0.5, 0.6) is 0 Å². The van der Waals surface area contributed by atoms with Crippen molar-refractivity contribution in [3.63, 3.8) is 0 Å². The molecule has 0 saturated heterocycles. The highest BCUT2D eigenvalue weighted by atomic mass is 15.2. The van der Waals surface area contributed by atoms with Crippen LogP contribution in [0.4, 0.5) is 0 Å². The Morgan fingerprint density at radius 1 is 0.828 bits per heavy atom. The zero-order chi connectivity index (χ0) is 19.4. The van der Waals surface area contributed by atoms with E-state index in [4.69, 9.17) is 0 Å². The molecule has 0 amide bonds. The van der Waals surface area contributed by atoms with Gasteiger partial charge < -0.3 is 0 Å². The second kappa shape index (κ2) is 5.97. The Bertz CT molecular complexity index is 1520. The van der Waals surface area contributed by atoms with E-state index in [0.29, 0.717) is 0 Å². The number of hydrogen-bond donors (Lipinski definition) is 0. The Balaban J connectivity index is 1.50. The molecule has 6 nitrogen and oxygen atoms in total. The Kier molecular flexibility index (Phi) is 3.28. The summed E-state index contributed by atoms with van der Waals surface area (Å²) >= 11 is 0. The molecule has 0 aliphatic carbocycles. The number of aryl methyl sites for hydroxylation is 1. The number of hydrogen-bond acceptors (Lipinski definition) is 4. The lowest BCUT2D eigenvalue weighted by atomic mass is 10.1. The molecule has 0 spiro atoms. The van der Waals surface area contributed by atoms with Crippen molar-refractivity contribution >= 4 is 27.5 Å². The fourth-order valence-electron chi connectivity index (χ4n) is 3.87. The second-order valence-electron chi connectivity index (χ2n) is 7.12. The molecule has 6 rings (SSSR count). The van der Waals surface area contributed by atoms with E-state index in [1.807, 2.05) is 65.1 Å². The summed E-state index contributed by atoms with van der Waals surface area (Å²) in [5, 5.41) is 15.5. The Hall–Kier alpha value is -4.06. The molecule has 6 aromatic rings. The smallest absolute Gasteiger partial charge is 0.169 e. The minimum Gasteiger partial charge on any atom is -0.282 e. The molecule has 0 fully saturated rings. The minimum absolute atomic E-state index is 0.810. The van der Waals surface area contributed by atoms with Crippen LogP contribution in [-0.4, -0.2) is 29.4 Å². The van der Waals surface area contributed by atoms with Crippen molar-refractivity contribution in [2.45, 2.75) is 0 Å². The Morgan fingerprint density at radius 3 is 2.69 bits per heavy atom. The van der Waals surface area contributed by atoms with Gasteiger partial charge in [-0.1, -0.05) is 24.3 Å². The lowest BCUT2D eigenvalue weighted by Crippen LogP contribution is -1.92. The van der Waals surface area contributed by atoms with Gasteiger partial charge in [-0.25, -0.2) is 0 Å². The molecule has 2 aromatic carbocycles. The number of rotatable bonds is 2. The molecule has 0 atom stereocenters. The van der Waals surface area contributed by atoms with Gasteiger partial charge in [0.1, 0.15) is 0 Å². The molecule has 0 saturated carbocycles. The fraction of sp³-hybridized carbons (Fsp3) is 0.0435. The zero-order valence-electron chi connectivity index (χ0n) is 15.7. The number of fused-ring (bicyclic) bond motifs is 3. The van der Waals surface area contributed by atoms with Crippen LogP contribution in [-0.2, 0) is 7.05 Å². The van der Waals surface area contributed by atoms with Crippen LogP contribution in [0.2, 0.25) is 0 Å². The molecule has 138 valence electrons. The van der Waals surface area contributed by atoms with E-state index in [2.05, 4.69) is 50.6 Å². The average Bonchev–Trinajstić information content (AvgIpc) is 3.34. The van der Waals surface area contributed by atoms with E-state index in [1.54, 1.807) is 0 Å². The Labute approximate surface area is 166 Å². The normalized spacial score (nSPS) is 11.6. The molecule has 0 aliphatic rings. The third-order valence-corrected chi connectivity index (χ3v) is 5.25. The molecule has 4 heterocycles. The van der Waals surface area contributed by atoms with Crippen molar-refractivity contribution in [1.29, 1.82) is 0 Å². The lowest BCUT2D eigenvalue weighted by Gasteiger charge is -2.06. The highest BCUT2D eigenvalue weighted by Gasteiger charge is 2.12. The molecule has 4 aromatic heterocycles. The monoisotopic (exact) mass is 376 g/mol. The van der Waals surface area contributed by atoms with Gasteiger partial charge in [0.2, 0.25) is 0 Å².